The molecule has 3 aromatic carbocycles. The maximum atomic E-state index is 13.5. The molecule has 2 fully saturated rings. The number of fused-ring (bicyclic) bond motifs is 1. The minimum atomic E-state index is -3.83. The molecule has 4 aromatic rings. The first-order valence-electron chi connectivity index (χ1n) is 14.5. The lowest BCUT2D eigenvalue weighted by molar-refractivity contribution is -0.131. The van der Waals surface area contributed by atoms with E-state index in [0.717, 1.165) is 56.5 Å². The number of amides is 1. The quantitative estimate of drug-likeness (QED) is 0.307. The van der Waals surface area contributed by atoms with Crippen molar-refractivity contribution in [2.45, 2.75) is 44.7 Å². The Hall–Kier alpha value is -3.82. The second-order valence-electron chi connectivity index (χ2n) is 11.9. The summed E-state index contributed by atoms with van der Waals surface area (Å²) in [5.41, 5.74) is 4.00. The van der Waals surface area contributed by atoms with Gasteiger partial charge in [0.15, 0.2) is 0 Å². The molecule has 1 amide bonds. The molecule has 1 spiro atoms. The summed E-state index contributed by atoms with van der Waals surface area (Å²) < 4.78 is 36.7. The Morgan fingerprint density at radius 1 is 0.952 bits per heavy atom. The Morgan fingerprint density at radius 2 is 1.69 bits per heavy atom. The Morgan fingerprint density at radius 3 is 2.43 bits per heavy atom. The van der Waals surface area contributed by atoms with Gasteiger partial charge in [-0.1, -0.05) is 36.4 Å². The maximum absolute atomic E-state index is 13.5. The Bertz CT molecular complexity index is 1710. The first-order chi connectivity index (χ1) is 20.1. The molecule has 8 nitrogen and oxygen atoms in total. The number of sulfonamides is 1. The Labute approximate surface area is 247 Å². The predicted molar refractivity (Wildman–Crippen MR) is 165 cm³/mol. The van der Waals surface area contributed by atoms with Gasteiger partial charge in [0.25, 0.3) is 10.0 Å². The van der Waals surface area contributed by atoms with E-state index in [1.165, 1.54) is 5.56 Å². The van der Waals surface area contributed by atoms with Gasteiger partial charge in [-0.25, -0.2) is 8.42 Å². The van der Waals surface area contributed by atoms with Crippen molar-refractivity contribution < 1.29 is 17.9 Å². The number of ether oxygens (including phenoxy) is 1. The molecule has 0 bridgehead atoms. The number of carbonyl (C=O) groups excluding carboxylic acids is 1. The number of hydrogen-bond donors (Lipinski definition) is 1. The molecule has 220 valence electrons. The molecule has 2 saturated heterocycles. The lowest BCUT2D eigenvalue weighted by Crippen LogP contribution is -2.35. The lowest BCUT2D eigenvalue weighted by Gasteiger charge is -2.25. The molecule has 2 aliphatic heterocycles. The van der Waals surface area contributed by atoms with Crippen LogP contribution in [0.4, 0.5) is 5.69 Å². The molecule has 9 heteroatoms. The summed E-state index contributed by atoms with van der Waals surface area (Å²) in [5.74, 6) is 0.718. The highest BCUT2D eigenvalue weighted by Crippen LogP contribution is 2.40. The summed E-state index contributed by atoms with van der Waals surface area (Å²) >= 11 is 0. The number of benzene rings is 3. The monoisotopic (exact) mass is 586 g/mol. The zero-order valence-corrected chi connectivity index (χ0v) is 25.3. The van der Waals surface area contributed by atoms with E-state index in [1.807, 2.05) is 33.9 Å². The fourth-order valence-electron chi connectivity index (χ4n) is 6.77. The molecule has 0 aliphatic carbocycles. The topological polar surface area (TPSA) is 83.9 Å². The number of likely N-dealkylation sites (tertiary alicyclic amines) is 2. The molecule has 1 unspecified atom stereocenters. The number of anilines is 1. The van der Waals surface area contributed by atoms with Crippen LogP contribution in [0.25, 0.3) is 10.9 Å². The highest BCUT2D eigenvalue weighted by molar-refractivity contribution is 7.92. The van der Waals surface area contributed by atoms with Crippen LogP contribution in [0, 0.1) is 19.3 Å². The van der Waals surface area contributed by atoms with Gasteiger partial charge >= 0.3 is 0 Å². The van der Waals surface area contributed by atoms with Crippen molar-refractivity contribution in [1.29, 1.82) is 0 Å². The third-order valence-electron chi connectivity index (χ3n) is 8.83. The van der Waals surface area contributed by atoms with Crippen LogP contribution >= 0.6 is 0 Å². The number of rotatable bonds is 8. The van der Waals surface area contributed by atoms with E-state index in [1.54, 1.807) is 45.2 Å². The summed E-state index contributed by atoms with van der Waals surface area (Å²) in [7, 11) is -2.27. The van der Waals surface area contributed by atoms with Crippen LogP contribution in [0.15, 0.2) is 77.8 Å². The van der Waals surface area contributed by atoms with Crippen LogP contribution in [-0.4, -0.2) is 62.0 Å². The van der Waals surface area contributed by atoms with Crippen LogP contribution in [0.3, 0.4) is 0 Å². The van der Waals surface area contributed by atoms with Gasteiger partial charge in [-0.05, 0) is 85.6 Å². The minimum Gasteiger partial charge on any atom is -0.497 e. The van der Waals surface area contributed by atoms with Gasteiger partial charge in [0.1, 0.15) is 12.3 Å². The second-order valence-corrected chi connectivity index (χ2v) is 13.5. The summed E-state index contributed by atoms with van der Waals surface area (Å²) in [6.07, 6.45) is 4.06. The number of hydrogen-bond acceptors (Lipinski definition) is 5. The van der Waals surface area contributed by atoms with E-state index < -0.39 is 10.0 Å². The number of carbonyl (C=O) groups is 1. The number of nitrogens with zero attached hydrogens (tertiary/aromatic N) is 3. The van der Waals surface area contributed by atoms with Gasteiger partial charge in [-0.15, -0.1) is 0 Å². The summed E-state index contributed by atoms with van der Waals surface area (Å²) in [6, 6.07) is 21.4. The standard InChI is InChI=1S/C33H38N4O4S/c1-24-17-29(41-3)18-25(2)32(24)42(39,40)34-28-10-9-27-11-14-36(30(27)19-28)21-31(38)37-16-13-33(23-37)12-15-35(22-33)20-26-7-5-4-6-8-26/h4-11,14,17-19,34H,12-13,15-16,20-23H2,1-3H3. The molecule has 6 rings (SSSR count). The zero-order valence-electron chi connectivity index (χ0n) is 24.5. The van der Waals surface area contributed by atoms with Gasteiger partial charge < -0.3 is 14.2 Å². The Kier molecular flexibility index (Phi) is 7.49. The molecular formula is C33H38N4O4S. The second kappa shape index (κ2) is 11.1. The fraction of sp³-hybridized carbons (Fsp3) is 0.364. The highest BCUT2D eigenvalue weighted by atomic mass is 32.2. The van der Waals surface area contributed by atoms with Crippen molar-refractivity contribution in [2.24, 2.45) is 5.41 Å². The number of methoxy groups -OCH3 is 1. The van der Waals surface area contributed by atoms with E-state index in [-0.39, 0.29) is 22.8 Å². The molecule has 3 heterocycles. The average Bonchev–Trinajstić information content (AvgIpc) is 3.67. The van der Waals surface area contributed by atoms with E-state index >= 15 is 0 Å². The largest absolute Gasteiger partial charge is 0.497 e. The summed E-state index contributed by atoms with van der Waals surface area (Å²) in [6.45, 7) is 8.36. The number of aryl methyl sites for hydroxylation is 2. The first kappa shape index (κ1) is 28.3. The van der Waals surface area contributed by atoms with Crippen LogP contribution in [0.5, 0.6) is 5.75 Å². The predicted octanol–water partition coefficient (Wildman–Crippen LogP) is 5.19. The first-order valence-corrected chi connectivity index (χ1v) is 15.9. The molecule has 1 atom stereocenters. The number of aromatic nitrogens is 1. The molecule has 0 radical (unpaired) electrons. The third-order valence-corrected chi connectivity index (χ3v) is 10.5. The van der Waals surface area contributed by atoms with Crippen LogP contribution < -0.4 is 9.46 Å². The van der Waals surface area contributed by atoms with E-state index in [0.29, 0.717) is 22.6 Å². The van der Waals surface area contributed by atoms with E-state index in [2.05, 4.69) is 33.9 Å². The van der Waals surface area contributed by atoms with Crippen molar-refractivity contribution in [3.8, 4) is 5.75 Å². The van der Waals surface area contributed by atoms with E-state index in [9.17, 15) is 13.2 Å². The summed E-state index contributed by atoms with van der Waals surface area (Å²) in [4.78, 5) is 18.2. The van der Waals surface area contributed by atoms with Gasteiger partial charge in [0.2, 0.25) is 5.91 Å². The van der Waals surface area contributed by atoms with Gasteiger partial charge in [0, 0.05) is 37.8 Å². The van der Waals surface area contributed by atoms with Crippen LogP contribution in [-0.2, 0) is 27.9 Å². The van der Waals surface area contributed by atoms with Gasteiger partial charge in [0.05, 0.1) is 23.2 Å². The molecule has 1 N–H and O–H groups in total. The van der Waals surface area contributed by atoms with Crippen molar-refractivity contribution >= 4 is 32.5 Å². The molecular weight excluding hydrogens is 548 g/mol. The molecule has 42 heavy (non-hydrogen) atoms. The van der Waals surface area contributed by atoms with Gasteiger partial charge in [-0.2, -0.15) is 0 Å². The van der Waals surface area contributed by atoms with Crippen molar-refractivity contribution in [3.05, 3.63) is 89.6 Å². The van der Waals surface area contributed by atoms with Crippen molar-refractivity contribution in [1.82, 2.24) is 14.4 Å². The smallest absolute Gasteiger partial charge is 0.262 e. The molecule has 0 saturated carbocycles. The van der Waals surface area contributed by atoms with Crippen LogP contribution in [0.2, 0.25) is 0 Å². The lowest BCUT2D eigenvalue weighted by atomic mass is 9.86. The average molecular weight is 587 g/mol. The van der Waals surface area contributed by atoms with Crippen LogP contribution in [0.1, 0.15) is 29.5 Å². The van der Waals surface area contributed by atoms with Crippen molar-refractivity contribution in [3.63, 3.8) is 0 Å². The molecule has 1 aromatic heterocycles. The Balaban J connectivity index is 1.13. The number of nitrogens with one attached hydrogen (secondary N) is 1. The minimum absolute atomic E-state index is 0.0985. The SMILES string of the molecule is COc1cc(C)c(S(=O)(=O)Nc2ccc3ccn(CC(=O)N4CCC5(CCN(Cc6ccccc6)C5)C4)c3c2)c(C)c1. The fourth-order valence-corrected chi connectivity index (χ4v) is 8.28. The van der Waals surface area contributed by atoms with Gasteiger partial charge in [-0.3, -0.25) is 14.4 Å². The summed E-state index contributed by atoms with van der Waals surface area (Å²) in [5, 5.41) is 0.952. The van der Waals surface area contributed by atoms with E-state index in [4.69, 9.17) is 4.74 Å². The zero-order chi connectivity index (χ0) is 29.5. The molecule has 2 aliphatic rings. The normalized spacial score (nSPS) is 19.2. The van der Waals surface area contributed by atoms with Crippen molar-refractivity contribution in [2.75, 3.05) is 38.0 Å². The maximum Gasteiger partial charge on any atom is 0.262 e. The third kappa shape index (κ3) is 5.63. The highest BCUT2D eigenvalue weighted by Gasteiger charge is 2.44.